The van der Waals surface area contributed by atoms with Crippen LogP contribution in [0.4, 0.5) is 32.0 Å². The molecule has 2 heterocycles. The minimum atomic E-state index is -5.13. The number of amides is 4. The Labute approximate surface area is 199 Å². The van der Waals surface area contributed by atoms with E-state index in [1.165, 1.54) is 20.0 Å². The van der Waals surface area contributed by atoms with E-state index in [9.17, 15) is 45.5 Å². The van der Waals surface area contributed by atoms with Gasteiger partial charge in [0, 0.05) is 7.05 Å². The highest BCUT2D eigenvalue weighted by atomic mass is 19.4. The van der Waals surface area contributed by atoms with Gasteiger partial charge in [0.1, 0.15) is 0 Å². The number of carbonyl (C=O) groups excluding carboxylic acids is 4. The van der Waals surface area contributed by atoms with E-state index in [-0.39, 0.29) is 5.56 Å². The van der Waals surface area contributed by atoms with Crippen molar-refractivity contribution in [2.24, 2.45) is 23.7 Å². The predicted molar refractivity (Wildman–Crippen MR) is 111 cm³/mol. The van der Waals surface area contributed by atoms with E-state index in [0.717, 1.165) is 29.2 Å². The molecule has 4 unspecified atom stereocenters. The van der Waals surface area contributed by atoms with E-state index in [0.29, 0.717) is 11.0 Å². The minimum absolute atomic E-state index is 0.195. The Kier molecular flexibility index (Phi) is 4.94. The summed E-state index contributed by atoms with van der Waals surface area (Å²) < 4.78 is 83.0. The summed E-state index contributed by atoms with van der Waals surface area (Å²) in [6.07, 6.45) is -10.1. The first kappa shape index (κ1) is 24.0. The maximum absolute atomic E-state index is 14.0. The Bertz CT molecular complexity index is 1330. The Hall–Kier alpha value is -3.70. The molecule has 1 aliphatic carbocycles. The highest BCUT2D eigenvalue weighted by molar-refractivity contribution is 6.27. The lowest BCUT2D eigenvalue weighted by Crippen LogP contribution is -2.50. The van der Waals surface area contributed by atoms with Gasteiger partial charge in [0.05, 0.1) is 40.5 Å². The van der Waals surface area contributed by atoms with E-state index in [1.54, 1.807) is 0 Å². The molecule has 0 radical (unpaired) electrons. The summed E-state index contributed by atoms with van der Waals surface area (Å²) in [5.41, 5.74) is -4.52. The van der Waals surface area contributed by atoms with E-state index in [1.807, 2.05) is 0 Å². The first-order chi connectivity index (χ1) is 16.6. The van der Waals surface area contributed by atoms with Gasteiger partial charge < -0.3 is 0 Å². The second-order valence-corrected chi connectivity index (χ2v) is 9.12. The molecule has 4 amide bonds. The zero-order valence-corrected chi connectivity index (χ0v) is 18.6. The molecule has 2 saturated heterocycles. The summed E-state index contributed by atoms with van der Waals surface area (Å²) in [5.74, 6) is -7.59. The third-order valence-electron chi connectivity index (χ3n) is 7.13. The van der Waals surface area contributed by atoms with Crippen LogP contribution in [0.2, 0.25) is 0 Å². The molecule has 5 rings (SSSR count). The molecule has 36 heavy (non-hydrogen) atoms. The molecular formula is C24H16F6N2O4. The fourth-order valence-electron chi connectivity index (χ4n) is 5.46. The number of halogens is 6. The number of anilines is 1. The average Bonchev–Trinajstić information content (AvgIpc) is 3.07. The smallest absolute Gasteiger partial charge is 0.285 e. The topological polar surface area (TPSA) is 74.8 Å². The molecule has 0 N–H and O–H groups in total. The molecule has 12 heteroatoms. The average molecular weight is 510 g/mol. The Balaban J connectivity index is 1.60. The van der Waals surface area contributed by atoms with Crippen LogP contribution in [0.15, 0.2) is 36.4 Å². The van der Waals surface area contributed by atoms with Crippen LogP contribution < -0.4 is 4.90 Å². The molecule has 2 aliphatic heterocycles. The standard InChI is InChI=1S/C24H16F6N2O4/c1-9-3-5-11(13(7-9)23(25,26)27)12-6-4-10(8-14(12)24(28,29)30)32-21(35)17-15-16(18(17)22(32)36)20(34)31(2)19(15)33/h3-8,15-18H,1-2H3. The summed E-state index contributed by atoms with van der Waals surface area (Å²) in [6.45, 7) is 1.37. The van der Waals surface area contributed by atoms with Crippen molar-refractivity contribution in [3.63, 3.8) is 0 Å². The Morgan fingerprint density at radius 1 is 0.639 bits per heavy atom. The van der Waals surface area contributed by atoms with Gasteiger partial charge in [0.2, 0.25) is 23.6 Å². The monoisotopic (exact) mass is 510 g/mol. The quantitative estimate of drug-likeness (QED) is 0.452. The van der Waals surface area contributed by atoms with Gasteiger partial charge in [0.25, 0.3) is 0 Å². The van der Waals surface area contributed by atoms with Crippen LogP contribution in [-0.4, -0.2) is 35.6 Å². The summed E-state index contributed by atoms with van der Waals surface area (Å²) in [4.78, 5) is 52.0. The molecule has 3 fully saturated rings. The first-order valence-corrected chi connectivity index (χ1v) is 10.7. The number of fused-ring (bicyclic) bond motifs is 4. The minimum Gasteiger partial charge on any atom is -0.285 e. The van der Waals surface area contributed by atoms with E-state index in [4.69, 9.17) is 0 Å². The zero-order valence-electron chi connectivity index (χ0n) is 18.6. The largest absolute Gasteiger partial charge is 0.417 e. The molecule has 1 saturated carbocycles. The maximum Gasteiger partial charge on any atom is 0.417 e. The summed E-state index contributed by atoms with van der Waals surface area (Å²) in [7, 11) is 1.22. The van der Waals surface area contributed by atoms with Crippen LogP contribution >= 0.6 is 0 Å². The second kappa shape index (κ2) is 7.40. The third-order valence-corrected chi connectivity index (χ3v) is 7.13. The number of rotatable bonds is 2. The zero-order chi connectivity index (χ0) is 26.5. The first-order valence-electron chi connectivity index (χ1n) is 10.7. The van der Waals surface area contributed by atoms with Gasteiger partial charge in [-0.3, -0.25) is 24.1 Å². The normalized spacial score (nSPS) is 25.9. The van der Waals surface area contributed by atoms with Gasteiger partial charge in [-0.2, -0.15) is 26.3 Å². The molecule has 2 aromatic carbocycles. The summed E-state index contributed by atoms with van der Waals surface area (Å²) in [6, 6.07) is 5.09. The Morgan fingerprint density at radius 3 is 1.53 bits per heavy atom. The molecule has 6 nitrogen and oxygen atoms in total. The van der Waals surface area contributed by atoms with Crippen LogP contribution in [0.3, 0.4) is 0 Å². The lowest BCUT2D eigenvalue weighted by Gasteiger charge is -2.36. The van der Waals surface area contributed by atoms with Gasteiger partial charge in [0.15, 0.2) is 0 Å². The second-order valence-electron chi connectivity index (χ2n) is 9.12. The van der Waals surface area contributed by atoms with Gasteiger partial charge in [-0.1, -0.05) is 23.8 Å². The number of aryl methyl sites for hydroxylation is 1. The number of likely N-dealkylation sites (tertiary alicyclic amines) is 1. The van der Waals surface area contributed by atoms with Crippen LogP contribution in [0.5, 0.6) is 0 Å². The van der Waals surface area contributed by atoms with Gasteiger partial charge in [-0.05, 0) is 36.2 Å². The van der Waals surface area contributed by atoms with Crippen molar-refractivity contribution >= 4 is 29.3 Å². The van der Waals surface area contributed by atoms with E-state index < -0.39 is 87.6 Å². The number of alkyl halides is 6. The van der Waals surface area contributed by atoms with Gasteiger partial charge >= 0.3 is 12.4 Å². The lowest BCUT2D eigenvalue weighted by atomic mass is 9.59. The molecule has 0 aromatic heterocycles. The van der Waals surface area contributed by atoms with Crippen molar-refractivity contribution in [2.75, 3.05) is 11.9 Å². The van der Waals surface area contributed by atoms with Crippen LogP contribution in [0.25, 0.3) is 11.1 Å². The van der Waals surface area contributed by atoms with Crippen molar-refractivity contribution in [1.29, 1.82) is 0 Å². The number of hydrogen-bond donors (Lipinski definition) is 0. The molecule has 0 spiro atoms. The fraction of sp³-hybridized carbons (Fsp3) is 0.333. The number of carbonyl (C=O) groups is 4. The van der Waals surface area contributed by atoms with Crippen LogP contribution in [0.1, 0.15) is 16.7 Å². The summed E-state index contributed by atoms with van der Waals surface area (Å²) in [5, 5.41) is 0. The predicted octanol–water partition coefficient (Wildman–Crippen LogP) is 4.05. The fourth-order valence-corrected chi connectivity index (χ4v) is 5.46. The molecule has 188 valence electrons. The van der Waals surface area contributed by atoms with Crippen LogP contribution in [-0.2, 0) is 31.5 Å². The highest BCUT2D eigenvalue weighted by Crippen LogP contribution is 2.57. The number of benzene rings is 2. The molecule has 3 aliphatic rings. The number of nitrogens with zero attached hydrogens (tertiary/aromatic N) is 2. The van der Waals surface area contributed by atoms with Gasteiger partial charge in [-0.15, -0.1) is 0 Å². The van der Waals surface area contributed by atoms with Crippen molar-refractivity contribution in [3.05, 3.63) is 53.1 Å². The number of hydrogen-bond acceptors (Lipinski definition) is 4. The molecule has 0 bridgehead atoms. The van der Waals surface area contributed by atoms with E-state index >= 15 is 0 Å². The molecule has 2 aromatic rings. The van der Waals surface area contributed by atoms with Crippen molar-refractivity contribution < 1.29 is 45.5 Å². The third kappa shape index (κ3) is 3.19. The number of imide groups is 2. The maximum atomic E-state index is 14.0. The van der Waals surface area contributed by atoms with E-state index in [2.05, 4.69) is 0 Å². The van der Waals surface area contributed by atoms with Crippen molar-refractivity contribution in [1.82, 2.24) is 4.90 Å². The van der Waals surface area contributed by atoms with Gasteiger partial charge in [-0.25, -0.2) is 4.90 Å². The highest BCUT2D eigenvalue weighted by Gasteiger charge is 2.73. The lowest BCUT2D eigenvalue weighted by molar-refractivity contribution is -0.146. The van der Waals surface area contributed by atoms with Crippen LogP contribution in [0, 0.1) is 30.6 Å². The van der Waals surface area contributed by atoms with Crippen molar-refractivity contribution in [2.45, 2.75) is 19.3 Å². The SMILES string of the molecule is Cc1ccc(-c2ccc(N3C(=O)C4C5C(=O)N(C)C(=O)C5C4C3=O)cc2C(F)(F)F)c(C(F)(F)F)c1. The Morgan fingerprint density at radius 2 is 1.06 bits per heavy atom. The molecular weight excluding hydrogens is 494 g/mol. The molecule has 4 atom stereocenters. The van der Waals surface area contributed by atoms with Crippen molar-refractivity contribution in [3.8, 4) is 11.1 Å². The summed E-state index contributed by atoms with van der Waals surface area (Å²) >= 11 is 0.